The van der Waals surface area contributed by atoms with Gasteiger partial charge >= 0.3 is 0 Å². The van der Waals surface area contributed by atoms with E-state index >= 15 is 0 Å². The Balaban J connectivity index is 2.72. The summed E-state index contributed by atoms with van der Waals surface area (Å²) in [6.07, 6.45) is 0.789. The number of hydrogen-bond donors (Lipinski definition) is 2. The van der Waals surface area contributed by atoms with E-state index in [-0.39, 0.29) is 5.91 Å². The van der Waals surface area contributed by atoms with Crippen LogP contribution in [0.2, 0.25) is 0 Å². The van der Waals surface area contributed by atoms with Crippen LogP contribution in [-0.4, -0.2) is 22.7 Å². The third-order valence-corrected chi connectivity index (χ3v) is 2.47. The van der Waals surface area contributed by atoms with Crippen molar-refractivity contribution in [2.75, 3.05) is 0 Å². The van der Waals surface area contributed by atoms with Crippen LogP contribution in [0, 0.1) is 6.92 Å². The van der Waals surface area contributed by atoms with Gasteiger partial charge in [0.2, 0.25) is 0 Å². The fourth-order valence-corrected chi connectivity index (χ4v) is 1.03. The largest absolute Gasteiger partial charge is 0.469 e. The topological polar surface area (TPSA) is 62.5 Å². The van der Waals surface area contributed by atoms with Crippen molar-refractivity contribution < 1.29 is 14.3 Å². The molecule has 0 radical (unpaired) electrons. The number of amides is 1. The van der Waals surface area contributed by atoms with Crippen LogP contribution in [0.15, 0.2) is 16.7 Å². The SMILES string of the molecule is Cc1cc(C(=O)NC(C)(C)C(C)O)co1. The van der Waals surface area contributed by atoms with Crippen LogP contribution in [0.1, 0.15) is 36.9 Å². The second-order valence-corrected chi connectivity index (χ2v) is 4.30. The van der Waals surface area contributed by atoms with Crippen LogP contribution >= 0.6 is 0 Å². The molecular weight excluding hydrogens is 194 g/mol. The van der Waals surface area contributed by atoms with Crippen LogP contribution < -0.4 is 5.32 Å². The molecule has 1 amide bonds. The minimum absolute atomic E-state index is 0.238. The Bertz CT molecular complexity index is 352. The van der Waals surface area contributed by atoms with Crippen molar-refractivity contribution in [2.45, 2.75) is 39.3 Å². The van der Waals surface area contributed by atoms with Crippen LogP contribution in [0.25, 0.3) is 0 Å². The molecule has 0 saturated carbocycles. The molecule has 0 spiro atoms. The zero-order valence-corrected chi connectivity index (χ0v) is 9.50. The Hall–Kier alpha value is -1.29. The zero-order valence-electron chi connectivity index (χ0n) is 9.50. The standard InChI is InChI=1S/C11H17NO3/c1-7-5-9(6-15-7)10(14)12-11(3,4)8(2)13/h5-6,8,13H,1-4H3,(H,12,14). The van der Waals surface area contributed by atoms with Gasteiger partial charge in [-0.2, -0.15) is 0 Å². The molecule has 2 N–H and O–H groups in total. The lowest BCUT2D eigenvalue weighted by atomic mass is 9.98. The molecule has 0 aliphatic carbocycles. The van der Waals surface area contributed by atoms with Gasteiger partial charge in [0.15, 0.2) is 0 Å². The molecule has 15 heavy (non-hydrogen) atoms. The Labute approximate surface area is 89.3 Å². The third-order valence-electron chi connectivity index (χ3n) is 2.47. The lowest BCUT2D eigenvalue weighted by Gasteiger charge is -2.29. The van der Waals surface area contributed by atoms with Gasteiger partial charge in [-0.1, -0.05) is 0 Å². The first-order valence-corrected chi connectivity index (χ1v) is 4.88. The van der Waals surface area contributed by atoms with Crippen LogP contribution in [0.5, 0.6) is 0 Å². The van der Waals surface area contributed by atoms with Gasteiger partial charge in [-0.3, -0.25) is 4.79 Å². The van der Waals surface area contributed by atoms with E-state index in [9.17, 15) is 9.90 Å². The maximum absolute atomic E-state index is 11.7. The summed E-state index contributed by atoms with van der Waals surface area (Å²) in [5.41, 5.74) is -0.177. The van der Waals surface area contributed by atoms with E-state index in [0.717, 1.165) is 0 Å². The van der Waals surface area contributed by atoms with Crippen molar-refractivity contribution in [3.8, 4) is 0 Å². The predicted molar refractivity (Wildman–Crippen MR) is 56.7 cm³/mol. The predicted octanol–water partition coefficient (Wildman–Crippen LogP) is 1.48. The van der Waals surface area contributed by atoms with Gasteiger partial charge in [0.05, 0.1) is 17.2 Å². The highest BCUT2D eigenvalue weighted by molar-refractivity contribution is 5.94. The lowest BCUT2D eigenvalue weighted by molar-refractivity contribution is 0.0709. The summed E-state index contributed by atoms with van der Waals surface area (Å²) in [5, 5.41) is 12.2. The monoisotopic (exact) mass is 211 g/mol. The average Bonchev–Trinajstić information content (AvgIpc) is 2.50. The van der Waals surface area contributed by atoms with E-state index in [1.165, 1.54) is 6.26 Å². The fraction of sp³-hybridized carbons (Fsp3) is 0.545. The molecule has 1 unspecified atom stereocenters. The first kappa shape index (κ1) is 11.8. The average molecular weight is 211 g/mol. The van der Waals surface area contributed by atoms with E-state index in [4.69, 9.17) is 4.42 Å². The molecule has 0 bridgehead atoms. The maximum Gasteiger partial charge on any atom is 0.255 e. The molecule has 0 saturated heterocycles. The van der Waals surface area contributed by atoms with Gasteiger partial charge < -0.3 is 14.8 Å². The Kier molecular flexibility index (Phi) is 3.19. The quantitative estimate of drug-likeness (QED) is 0.796. The van der Waals surface area contributed by atoms with Crippen LogP contribution in [0.4, 0.5) is 0 Å². The Morgan fingerprint density at radius 2 is 2.20 bits per heavy atom. The van der Waals surface area contributed by atoms with E-state index in [1.54, 1.807) is 33.8 Å². The summed E-state index contributed by atoms with van der Waals surface area (Å²) >= 11 is 0. The van der Waals surface area contributed by atoms with Crippen molar-refractivity contribution in [3.63, 3.8) is 0 Å². The number of carbonyl (C=O) groups excluding carboxylic acids is 1. The first-order chi connectivity index (χ1) is 6.83. The number of aliphatic hydroxyl groups excluding tert-OH is 1. The third kappa shape index (κ3) is 2.83. The molecule has 1 aromatic heterocycles. The van der Waals surface area contributed by atoms with Gasteiger partial charge in [0.25, 0.3) is 5.91 Å². The van der Waals surface area contributed by atoms with E-state index in [2.05, 4.69) is 5.32 Å². The van der Waals surface area contributed by atoms with Crippen molar-refractivity contribution in [3.05, 3.63) is 23.7 Å². The summed E-state index contributed by atoms with van der Waals surface area (Å²) in [6.45, 7) is 6.95. The van der Waals surface area contributed by atoms with Crippen LogP contribution in [0.3, 0.4) is 0 Å². The summed E-state index contributed by atoms with van der Waals surface area (Å²) in [5.74, 6) is 0.452. The molecule has 1 aromatic rings. The second kappa shape index (κ2) is 4.06. The van der Waals surface area contributed by atoms with Gasteiger partial charge in [0, 0.05) is 0 Å². The van der Waals surface area contributed by atoms with Gasteiger partial charge in [-0.05, 0) is 33.8 Å². The maximum atomic E-state index is 11.7. The summed E-state index contributed by atoms with van der Waals surface area (Å²) < 4.78 is 5.04. The summed E-state index contributed by atoms with van der Waals surface area (Å²) in [4.78, 5) is 11.7. The first-order valence-electron chi connectivity index (χ1n) is 4.88. The van der Waals surface area contributed by atoms with E-state index < -0.39 is 11.6 Å². The summed E-state index contributed by atoms with van der Waals surface area (Å²) in [7, 11) is 0. The number of nitrogens with one attached hydrogen (secondary N) is 1. The van der Waals surface area contributed by atoms with Crippen molar-refractivity contribution >= 4 is 5.91 Å². The lowest BCUT2D eigenvalue weighted by Crippen LogP contribution is -2.50. The molecule has 0 aliphatic heterocycles. The minimum Gasteiger partial charge on any atom is -0.469 e. The Morgan fingerprint density at radius 3 is 2.60 bits per heavy atom. The molecule has 4 nitrogen and oxygen atoms in total. The number of furan rings is 1. The van der Waals surface area contributed by atoms with E-state index in [1.807, 2.05) is 0 Å². The molecule has 1 rings (SSSR count). The highest BCUT2D eigenvalue weighted by Crippen LogP contribution is 2.12. The highest BCUT2D eigenvalue weighted by Gasteiger charge is 2.26. The minimum atomic E-state index is -0.651. The molecule has 0 aromatic carbocycles. The number of rotatable bonds is 3. The second-order valence-electron chi connectivity index (χ2n) is 4.30. The van der Waals surface area contributed by atoms with Crippen molar-refractivity contribution in [1.82, 2.24) is 5.32 Å². The molecule has 84 valence electrons. The van der Waals surface area contributed by atoms with Gasteiger partial charge in [-0.25, -0.2) is 0 Å². The molecule has 0 fully saturated rings. The summed E-state index contributed by atoms with van der Waals surface area (Å²) in [6, 6.07) is 1.66. The normalized spacial score (nSPS) is 13.7. The fourth-order valence-electron chi connectivity index (χ4n) is 1.03. The molecular formula is C11H17NO3. The number of aryl methyl sites for hydroxylation is 1. The number of aliphatic hydroxyl groups is 1. The molecule has 4 heteroatoms. The van der Waals surface area contributed by atoms with Gasteiger partial charge in [-0.15, -0.1) is 0 Å². The molecule has 1 atom stereocenters. The van der Waals surface area contributed by atoms with Crippen LogP contribution in [-0.2, 0) is 0 Å². The highest BCUT2D eigenvalue weighted by atomic mass is 16.3. The Morgan fingerprint density at radius 1 is 1.60 bits per heavy atom. The van der Waals surface area contributed by atoms with E-state index in [0.29, 0.717) is 11.3 Å². The zero-order chi connectivity index (χ0) is 11.6. The number of carbonyl (C=O) groups is 1. The molecule has 0 aliphatic rings. The smallest absolute Gasteiger partial charge is 0.255 e. The van der Waals surface area contributed by atoms with Crippen molar-refractivity contribution in [2.24, 2.45) is 0 Å². The number of hydrogen-bond acceptors (Lipinski definition) is 3. The van der Waals surface area contributed by atoms with Gasteiger partial charge in [0.1, 0.15) is 12.0 Å². The van der Waals surface area contributed by atoms with Crippen molar-refractivity contribution in [1.29, 1.82) is 0 Å². The molecule has 1 heterocycles.